The minimum Gasteiger partial charge on any atom is -0.377 e. The zero-order chi connectivity index (χ0) is 13.1. The molecule has 0 spiro atoms. The Kier molecular flexibility index (Phi) is 4.16. The van der Waals surface area contributed by atoms with Gasteiger partial charge in [-0.05, 0) is 30.5 Å². The van der Waals surface area contributed by atoms with Crippen molar-refractivity contribution in [3.05, 3.63) is 35.4 Å². The lowest BCUT2D eigenvalue weighted by molar-refractivity contribution is 0.0571. The van der Waals surface area contributed by atoms with Gasteiger partial charge in [0.15, 0.2) is 0 Å². The van der Waals surface area contributed by atoms with E-state index in [2.05, 4.69) is 41.4 Å². The summed E-state index contributed by atoms with van der Waals surface area (Å²) >= 11 is 0. The van der Waals surface area contributed by atoms with Crippen LogP contribution in [0.25, 0.3) is 0 Å². The fourth-order valence-electron chi connectivity index (χ4n) is 3.33. The summed E-state index contributed by atoms with van der Waals surface area (Å²) in [6, 6.07) is 9.34. The molecule has 19 heavy (non-hydrogen) atoms. The highest BCUT2D eigenvalue weighted by Crippen LogP contribution is 2.28. The number of benzene rings is 1. The maximum atomic E-state index is 5.80. The Hall–Kier alpha value is -0.900. The maximum Gasteiger partial charge on any atom is 0.0703 e. The molecule has 2 aliphatic heterocycles. The van der Waals surface area contributed by atoms with Gasteiger partial charge in [0.2, 0.25) is 0 Å². The number of nitrogens with one attached hydrogen (secondary N) is 1. The van der Waals surface area contributed by atoms with E-state index in [1.54, 1.807) is 0 Å². The monoisotopic (exact) mass is 260 g/mol. The molecular weight excluding hydrogens is 236 g/mol. The van der Waals surface area contributed by atoms with Crippen molar-refractivity contribution in [2.75, 3.05) is 26.2 Å². The van der Waals surface area contributed by atoms with E-state index in [0.717, 1.165) is 32.8 Å². The highest BCUT2D eigenvalue weighted by atomic mass is 16.5. The molecular formula is C16H24N2O. The molecule has 1 aromatic carbocycles. The molecule has 2 heterocycles. The Morgan fingerprint density at radius 3 is 3.05 bits per heavy atom. The fourth-order valence-corrected chi connectivity index (χ4v) is 3.33. The molecule has 0 aliphatic carbocycles. The van der Waals surface area contributed by atoms with Gasteiger partial charge in [-0.2, -0.15) is 0 Å². The molecule has 1 N–H and O–H groups in total. The smallest absolute Gasteiger partial charge is 0.0703 e. The Morgan fingerprint density at radius 1 is 1.37 bits per heavy atom. The summed E-state index contributed by atoms with van der Waals surface area (Å²) in [6.45, 7) is 7.41. The summed E-state index contributed by atoms with van der Waals surface area (Å²) in [5.41, 5.74) is 2.95. The zero-order valence-electron chi connectivity index (χ0n) is 11.8. The van der Waals surface area contributed by atoms with Gasteiger partial charge in [-0.15, -0.1) is 0 Å². The molecule has 3 heteroatoms. The summed E-state index contributed by atoms with van der Waals surface area (Å²) in [6.07, 6.45) is 2.88. The van der Waals surface area contributed by atoms with Crippen LogP contribution in [0.3, 0.4) is 0 Å². The average Bonchev–Trinajstić information content (AvgIpc) is 2.97. The van der Waals surface area contributed by atoms with Crippen molar-refractivity contribution in [2.45, 2.75) is 38.5 Å². The van der Waals surface area contributed by atoms with Gasteiger partial charge >= 0.3 is 0 Å². The number of ether oxygens (including phenoxy) is 1. The van der Waals surface area contributed by atoms with Gasteiger partial charge in [-0.3, -0.25) is 4.90 Å². The van der Waals surface area contributed by atoms with Crippen LogP contribution >= 0.6 is 0 Å². The Morgan fingerprint density at radius 2 is 2.26 bits per heavy atom. The first-order valence-corrected chi connectivity index (χ1v) is 7.52. The zero-order valence-corrected chi connectivity index (χ0v) is 11.8. The molecule has 0 aromatic heterocycles. The van der Waals surface area contributed by atoms with Gasteiger partial charge in [0.1, 0.15) is 0 Å². The van der Waals surface area contributed by atoms with Crippen molar-refractivity contribution < 1.29 is 4.74 Å². The molecule has 0 bridgehead atoms. The number of fused-ring (bicyclic) bond motifs is 1. The van der Waals surface area contributed by atoms with Crippen LogP contribution in [-0.2, 0) is 11.3 Å². The molecule has 2 unspecified atom stereocenters. The third-order valence-corrected chi connectivity index (χ3v) is 4.38. The molecule has 1 fully saturated rings. The summed E-state index contributed by atoms with van der Waals surface area (Å²) in [4.78, 5) is 2.57. The molecule has 1 aromatic rings. The first kappa shape index (κ1) is 13.1. The van der Waals surface area contributed by atoms with Crippen molar-refractivity contribution in [3.63, 3.8) is 0 Å². The molecule has 1 saturated heterocycles. The van der Waals surface area contributed by atoms with Crippen molar-refractivity contribution >= 4 is 0 Å². The molecule has 104 valence electrons. The third-order valence-electron chi connectivity index (χ3n) is 4.38. The summed E-state index contributed by atoms with van der Waals surface area (Å²) in [5.74, 6) is 0. The van der Waals surface area contributed by atoms with Gasteiger partial charge in [-0.1, -0.05) is 31.2 Å². The predicted molar refractivity (Wildman–Crippen MR) is 77.1 cm³/mol. The third kappa shape index (κ3) is 2.83. The lowest BCUT2D eigenvalue weighted by atomic mass is 9.95. The molecule has 0 amide bonds. The van der Waals surface area contributed by atoms with Gasteiger partial charge in [0, 0.05) is 32.3 Å². The van der Waals surface area contributed by atoms with Crippen LogP contribution in [0.15, 0.2) is 24.3 Å². The summed E-state index contributed by atoms with van der Waals surface area (Å²) in [7, 11) is 0. The standard InChI is InChI=1S/C16H24N2O/c1-2-18(12-14-7-5-9-19-14)16-11-17-10-13-6-3-4-8-15(13)16/h3-4,6,8,14,16-17H,2,5,7,9-12H2,1H3. The van der Waals surface area contributed by atoms with E-state index in [-0.39, 0.29) is 0 Å². The van der Waals surface area contributed by atoms with Crippen LogP contribution in [-0.4, -0.2) is 37.2 Å². The topological polar surface area (TPSA) is 24.5 Å². The quantitative estimate of drug-likeness (QED) is 0.899. The Balaban J connectivity index is 1.76. The number of hydrogen-bond donors (Lipinski definition) is 1. The first-order chi connectivity index (χ1) is 9.38. The van der Waals surface area contributed by atoms with E-state index >= 15 is 0 Å². The second kappa shape index (κ2) is 6.04. The lowest BCUT2D eigenvalue weighted by Gasteiger charge is -2.36. The highest BCUT2D eigenvalue weighted by Gasteiger charge is 2.27. The van der Waals surface area contributed by atoms with E-state index in [1.807, 2.05) is 0 Å². The molecule has 2 aliphatic rings. The van der Waals surface area contributed by atoms with Crippen LogP contribution in [0.4, 0.5) is 0 Å². The van der Waals surface area contributed by atoms with Gasteiger partial charge in [-0.25, -0.2) is 0 Å². The van der Waals surface area contributed by atoms with E-state index in [4.69, 9.17) is 4.74 Å². The average molecular weight is 260 g/mol. The fraction of sp³-hybridized carbons (Fsp3) is 0.625. The van der Waals surface area contributed by atoms with Crippen molar-refractivity contribution in [1.82, 2.24) is 10.2 Å². The van der Waals surface area contributed by atoms with Crippen LogP contribution in [0.5, 0.6) is 0 Å². The normalized spacial score (nSPS) is 26.6. The molecule has 0 radical (unpaired) electrons. The summed E-state index contributed by atoms with van der Waals surface area (Å²) < 4.78 is 5.80. The van der Waals surface area contributed by atoms with E-state index < -0.39 is 0 Å². The predicted octanol–water partition coefficient (Wildman–Crippen LogP) is 2.33. The van der Waals surface area contributed by atoms with Crippen LogP contribution in [0.2, 0.25) is 0 Å². The van der Waals surface area contributed by atoms with Crippen molar-refractivity contribution in [1.29, 1.82) is 0 Å². The van der Waals surface area contributed by atoms with Crippen LogP contribution < -0.4 is 5.32 Å². The van der Waals surface area contributed by atoms with E-state index in [1.165, 1.54) is 24.0 Å². The maximum absolute atomic E-state index is 5.80. The minimum absolute atomic E-state index is 0.439. The van der Waals surface area contributed by atoms with Crippen molar-refractivity contribution in [3.8, 4) is 0 Å². The number of nitrogens with zero attached hydrogens (tertiary/aromatic N) is 1. The molecule has 3 rings (SSSR count). The second-order valence-corrected chi connectivity index (χ2v) is 5.57. The molecule has 3 nitrogen and oxygen atoms in total. The van der Waals surface area contributed by atoms with E-state index in [0.29, 0.717) is 12.1 Å². The second-order valence-electron chi connectivity index (χ2n) is 5.57. The van der Waals surface area contributed by atoms with Gasteiger partial charge in [0.05, 0.1) is 6.10 Å². The number of rotatable bonds is 4. The van der Waals surface area contributed by atoms with Gasteiger partial charge < -0.3 is 10.1 Å². The van der Waals surface area contributed by atoms with E-state index in [9.17, 15) is 0 Å². The van der Waals surface area contributed by atoms with Crippen molar-refractivity contribution in [2.24, 2.45) is 0 Å². The number of hydrogen-bond acceptors (Lipinski definition) is 3. The largest absolute Gasteiger partial charge is 0.377 e. The Bertz CT molecular complexity index is 415. The summed E-state index contributed by atoms with van der Waals surface area (Å²) in [5, 5.41) is 3.55. The van der Waals surface area contributed by atoms with Gasteiger partial charge in [0.25, 0.3) is 0 Å². The minimum atomic E-state index is 0.439. The molecule has 0 saturated carbocycles. The Labute approximate surface area is 115 Å². The SMILES string of the molecule is CCN(CC1CCCO1)C1CNCc2ccccc21. The highest BCUT2D eigenvalue weighted by molar-refractivity contribution is 5.32. The lowest BCUT2D eigenvalue weighted by Crippen LogP contribution is -2.42. The number of likely N-dealkylation sites (N-methyl/N-ethyl adjacent to an activating group) is 1. The first-order valence-electron chi connectivity index (χ1n) is 7.52. The van der Waals surface area contributed by atoms with Crippen LogP contribution in [0.1, 0.15) is 36.9 Å². The van der Waals surface area contributed by atoms with Crippen LogP contribution in [0, 0.1) is 0 Å². The molecule has 2 atom stereocenters.